The summed E-state index contributed by atoms with van der Waals surface area (Å²) in [4.78, 5) is 26.8. The largest absolute Gasteiger partial charge is 0.325 e. The highest BCUT2D eigenvalue weighted by atomic mass is 35.5. The van der Waals surface area contributed by atoms with Crippen LogP contribution in [0.3, 0.4) is 0 Å². The second kappa shape index (κ2) is 6.48. The normalized spacial score (nSPS) is 19.4. The Balaban J connectivity index is 1.65. The lowest BCUT2D eigenvalue weighted by molar-refractivity contribution is -0.131. The Morgan fingerprint density at radius 3 is 2.70 bits per heavy atom. The van der Waals surface area contributed by atoms with E-state index < -0.39 is 11.6 Å². The number of urea groups is 1. The zero-order valence-corrected chi connectivity index (χ0v) is 15.1. The van der Waals surface area contributed by atoms with Gasteiger partial charge in [-0.1, -0.05) is 35.9 Å². The highest BCUT2D eigenvalue weighted by Crippen LogP contribution is 2.31. The molecule has 8 nitrogen and oxygen atoms in total. The van der Waals surface area contributed by atoms with Crippen molar-refractivity contribution in [3.63, 3.8) is 0 Å². The Morgan fingerprint density at radius 1 is 1.15 bits per heavy atom. The number of nitrogens with zero attached hydrogens (tertiary/aromatic N) is 5. The van der Waals surface area contributed by atoms with Crippen molar-refractivity contribution in [2.24, 2.45) is 0 Å². The molecule has 1 aromatic heterocycles. The number of hydrogen-bond acceptors (Lipinski definition) is 5. The van der Waals surface area contributed by atoms with Crippen molar-refractivity contribution >= 4 is 23.5 Å². The van der Waals surface area contributed by atoms with Gasteiger partial charge in [-0.25, -0.2) is 9.48 Å². The third kappa shape index (κ3) is 3.04. The lowest BCUT2D eigenvalue weighted by atomic mass is 9.91. The van der Waals surface area contributed by atoms with E-state index in [2.05, 4.69) is 20.8 Å². The van der Waals surface area contributed by atoms with Crippen LogP contribution >= 0.6 is 11.6 Å². The first kappa shape index (κ1) is 17.2. The zero-order valence-electron chi connectivity index (χ0n) is 14.3. The van der Waals surface area contributed by atoms with E-state index in [1.807, 2.05) is 12.1 Å². The number of hydrogen-bond donors (Lipinski definition) is 1. The van der Waals surface area contributed by atoms with E-state index in [4.69, 9.17) is 11.6 Å². The van der Waals surface area contributed by atoms with E-state index in [1.165, 1.54) is 15.9 Å². The monoisotopic (exact) mass is 382 g/mol. The number of tetrazole rings is 1. The van der Waals surface area contributed by atoms with Crippen LogP contribution in [0.25, 0.3) is 5.69 Å². The summed E-state index contributed by atoms with van der Waals surface area (Å²) in [5, 5.41) is 14.4. The molecule has 27 heavy (non-hydrogen) atoms. The third-order valence-corrected chi connectivity index (χ3v) is 4.78. The van der Waals surface area contributed by atoms with Crippen molar-refractivity contribution in [3.8, 4) is 5.69 Å². The van der Waals surface area contributed by atoms with Gasteiger partial charge in [-0.2, -0.15) is 0 Å². The molecule has 1 saturated heterocycles. The molecule has 3 aromatic rings. The van der Waals surface area contributed by atoms with Gasteiger partial charge >= 0.3 is 6.03 Å². The summed E-state index contributed by atoms with van der Waals surface area (Å²) < 4.78 is 1.48. The van der Waals surface area contributed by atoms with Crippen LogP contribution in [0.5, 0.6) is 0 Å². The maximum atomic E-state index is 13.1. The standard InChI is InChI=1S/C18H15ClN6O2/c1-18(13-5-3-7-15(9-13)25-11-20-22-23-25)16(26)24(17(27)21-18)10-12-4-2-6-14(19)8-12/h2-9,11H,10H2,1H3,(H,21,27). The maximum absolute atomic E-state index is 13.1. The van der Waals surface area contributed by atoms with Crippen LogP contribution in [0.4, 0.5) is 4.79 Å². The third-order valence-electron chi connectivity index (χ3n) is 4.54. The van der Waals surface area contributed by atoms with Gasteiger partial charge in [0.25, 0.3) is 5.91 Å². The van der Waals surface area contributed by atoms with Gasteiger partial charge in [-0.3, -0.25) is 9.69 Å². The Labute approximate surface area is 159 Å². The van der Waals surface area contributed by atoms with Gasteiger partial charge in [0.2, 0.25) is 0 Å². The Morgan fingerprint density at radius 2 is 1.96 bits per heavy atom. The van der Waals surface area contributed by atoms with Gasteiger partial charge in [0, 0.05) is 5.02 Å². The minimum Gasteiger partial charge on any atom is -0.319 e. The Bertz CT molecular complexity index is 1020. The van der Waals surface area contributed by atoms with E-state index in [0.29, 0.717) is 16.3 Å². The fourth-order valence-electron chi connectivity index (χ4n) is 3.09. The molecule has 2 heterocycles. The number of rotatable bonds is 4. The van der Waals surface area contributed by atoms with Gasteiger partial charge in [-0.15, -0.1) is 5.10 Å². The fourth-order valence-corrected chi connectivity index (χ4v) is 3.31. The van der Waals surface area contributed by atoms with Crippen LogP contribution < -0.4 is 5.32 Å². The summed E-state index contributed by atoms with van der Waals surface area (Å²) in [6.07, 6.45) is 1.46. The average molecular weight is 383 g/mol. The molecule has 1 aliphatic rings. The molecule has 2 aromatic carbocycles. The number of benzene rings is 2. The van der Waals surface area contributed by atoms with Gasteiger partial charge in [-0.05, 0) is 52.7 Å². The average Bonchev–Trinajstić information content (AvgIpc) is 3.26. The lowest BCUT2D eigenvalue weighted by Crippen LogP contribution is -2.40. The predicted molar refractivity (Wildman–Crippen MR) is 97.0 cm³/mol. The van der Waals surface area contributed by atoms with Crippen molar-refractivity contribution in [2.75, 3.05) is 0 Å². The molecule has 4 rings (SSSR count). The van der Waals surface area contributed by atoms with E-state index in [9.17, 15) is 9.59 Å². The van der Waals surface area contributed by atoms with Crippen molar-refractivity contribution in [1.82, 2.24) is 30.4 Å². The van der Waals surface area contributed by atoms with Crippen LogP contribution in [-0.4, -0.2) is 37.0 Å². The number of carbonyl (C=O) groups is 2. The van der Waals surface area contributed by atoms with E-state index in [0.717, 1.165) is 5.56 Å². The van der Waals surface area contributed by atoms with E-state index in [-0.39, 0.29) is 12.5 Å². The second-order valence-corrected chi connectivity index (χ2v) is 6.82. The minimum atomic E-state index is -1.18. The summed E-state index contributed by atoms with van der Waals surface area (Å²) in [5.74, 6) is -0.332. The highest BCUT2D eigenvalue weighted by molar-refractivity contribution is 6.30. The van der Waals surface area contributed by atoms with Crippen LogP contribution in [0, 0.1) is 0 Å². The summed E-state index contributed by atoms with van der Waals surface area (Å²) in [5.41, 5.74) is 0.925. The van der Waals surface area contributed by atoms with Crippen LogP contribution in [0.1, 0.15) is 18.1 Å². The zero-order chi connectivity index (χ0) is 19.0. The fraction of sp³-hybridized carbons (Fsp3) is 0.167. The molecule has 0 radical (unpaired) electrons. The molecule has 1 unspecified atom stereocenters. The maximum Gasteiger partial charge on any atom is 0.325 e. The van der Waals surface area contributed by atoms with Crippen LogP contribution in [0.2, 0.25) is 5.02 Å². The molecular formula is C18H15ClN6O2. The van der Waals surface area contributed by atoms with Crippen molar-refractivity contribution < 1.29 is 9.59 Å². The topological polar surface area (TPSA) is 93.0 Å². The highest BCUT2D eigenvalue weighted by Gasteiger charge is 2.49. The number of aromatic nitrogens is 4. The molecule has 9 heteroatoms. The summed E-state index contributed by atoms with van der Waals surface area (Å²) in [6.45, 7) is 1.83. The lowest BCUT2D eigenvalue weighted by Gasteiger charge is -2.23. The molecule has 0 saturated carbocycles. The predicted octanol–water partition coefficient (Wildman–Crippen LogP) is 2.28. The van der Waals surface area contributed by atoms with Gasteiger partial charge < -0.3 is 5.32 Å². The molecule has 0 spiro atoms. The Hall–Kier alpha value is -3.26. The quantitative estimate of drug-likeness (QED) is 0.699. The molecule has 136 valence electrons. The summed E-state index contributed by atoms with van der Waals surface area (Å²) in [6, 6.07) is 13.8. The Kier molecular flexibility index (Phi) is 4.12. The molecule has 3 amide bonds. The first-order valence-electron chi connectivity index (χ1n) is 8.20. The molecular weight excluding hydrogens is 368 g/mol. The first-order chi connectivity index (χ1) is 13.0. The molecule has 1 N–H and O–H groups in total. The van der Waals surface area contributed by atoms with Gasteiger partial charge in [0.05, 0.1) is 12.2 Å². The number of amides is 3. The van der Waals surface area contributed by atoms with Gasteiger partial charge in [0.1, 0.15) is 11.9 Å². The minimum absolute atomic E-state index is 0.146. The van der Waals surface area contributed by atoms with Crippen molar-refractivity contribution in [2.45, 2.75) is 19.0 Å². The SMILES string of the molecule is CC1(c2cccc(-n3cnnn3)c2)NC(=O)N(Cc2cccc(Cl)c2)C1=O. The number of imide groups is 1. The van der Waals surface area contributed by atoms with Crippen LogP contribution in [0.15, 0.2) is 54.9 Å². The van der Waals surface area contributed by atoms with E-state index in [1.54, 1.807) is 43.3 Å². The number of halogens is 1. The number of carbonyl (C=O) groups excluding carboxylic acids is 2. The molecule has 1 fully saturated rings. The molecule has 0 aliphatic carbocycles. The molecule has 0 bridgehead atoms. The second-order valence-electron chi connectivity index (χ2n) is 6.38. The molecule has 1 aliphatic heterocycles. The van der Waals surface area contributed by atoms with E-state index >= 15 is 0 Å². The van der Waals surface area contributed by atoms with Crippen molar-refractivity contribution in [1.29, 1.82) is 0 Å². The van der Waals surface area contributed by atoms with Crippen LogP contribution in [-0.2, 0) is 16.9 Å². The smallest absolute Gasteiger partial charge is 0.319 e. The summed E-state index contributed by atoms with van der Waals surface area (Å²) >= 11 is 6.00. The van der Waals surface area contributed by atoms with Crippen molar-refractivity contribution in [3.05, 3.63) is 71.0 Å². The van der Waals surface area contributed by atoms with Gasteiger partial charge in [0.15, 0.2) is 0 Å². The summed E-state index contributed by atoms with van der Waals surface area (Å²) in [7, 11) is 0. The number of nitrogens with one attached hydrogen (secondary N) is 1. The molecule has 1 atom stereocenters. The first-order valence-corrected chi connectivity index (χ1v) is 8.57.